The Morgan fingerprint density at radius 3 is 2.52 bits per heavy atom. The Kier molecular flexibility index (Phi) is 4.54. The summed E-state index contributed by atoms with van der Waals surface area (Å²) in [6.07, 6.45) is 3.76. The highest BCUT2D eigenvalue weighted by Gasteiger charge is 2.17. The summed E-state index contributed by atoms with van der Waals surface area (Å²) in [5.74, 6) is 0. The summed E-state index contributed by atoms with van der Waals surface area (Å²) in [5, 5.41) is 17.5. The van der Waals surface area contributed by atoms with Gasteiger partial charge in [-0.25, -0.2) is 4.68 Å². The van der Waals surface area contributed by atoms with Crippen molar-refractivity contribution in [1.82, 2.24) is 29.8 Å². The van der Waals surface area contributed by atoms with Gasteiger partial charge in [-0.05, 0) is 12.1 Å². The number of hydrogen-bond acceptors (Lipinski definition) is 6. The minimum atomic E-state index is 0.147. The normalized spacial score (nSPS) is 17.2. The molecule has 112 valence electrons. The zero-order chi connectivity index (χ0) is 14.5. The topological polar surface area (TPSA) is 70.3 Å². The molecule has 3 rings (SSSR count). The average Bonchev–Trinajstić information content (AvgIpc) is 2.96. The van der Waals surface area contributed by atoms with Gasteiger partial charge in [-0.2, -0.15) is 0 Å². The van der Waals surface area contributed by atoms with Gasteiger partial charge >= 0.3 is 0 Å². The molecule has 1 aliphatic rings. The molecule has 0 aliphatic carbocycles. The number of aromatic nitrogens is 4. The van der Waals surface area contributed by atoms with Crippen molar-refractivity contribution in [2.24, 2.45) is 0 Å². The van der Waals surface area contributed by atoms with Gasteiger partial charge < -0.3 is 5.11 Å². The van der Waals surface area contributed by atoms with Crippen LogP contribution in [0.5, 0.6) is 0 Å². The molecule has 0 radical (unpaired) electrons. The number of pyridine rings is 1. The molecule has 7 nitrogen and oxygen atoms in total. The van der Waals surface area contributed by atoms with E-state index in [0.717, 1.165) is 44.1 Å². The van der Waals surface area contributed by atoms with Gasteiger partial charge in [-0.1, -0.05) is 11.3 Å². The first-order valence-electron chi connectivity index (χ1n) is 7.18. The molecule has 1 N–H and O–H groups in total. The summed E-state index contributed by atoms with van der Waals surface area (Å²) < 4.78 is 1.82. The lowest BCUT2D eigenvalue weighted by Gasteiger charge is -2.32. The Morgan fingerprint density at radius 1 is 1.00 bits per heavy atom. The molecule has 0 amide bonds. The maximum Gasteiger partial charge on any atom is 0.0967 e. The Morgan fingerprint density at radius 2 is 1.81 bits per heavy atom. The maximum absolute atomic E-state index is 9.09. The lowest BCUT2D eigenvalue weighted by Crippen LogP contribution is -2.46. The van der Waals surface area contributed by atoms with Crippen molar-refractivity contribution in [2.75, 3.05) is 32.9 Å². The van der Waals surface area contributed by atoms with E-state index in [0.29, 0.717) is 6.54 Å². The van der Waals surface area contributed by atoms with Gasteiger partial charge in [0, 0.05) is 38.9 Å². The molecule has 0 atom stereocenters. The fourth-order valence-electron chi connectivity index (χ4n) is 2.46. The van der Waals surface area contributed by atoms with E-state index in [4.69, 9.17) is 5.11 Å². The Bertz CT molecular complexity index is 550. The highest BCUT2D eigenvalue weighted by molar-refractivity contribution is 5.04. The van der Waals surface area contributed by atoms with Crippen molar-refractivity contribution in [3.63, 3.8) is 0 Å². The Hall–Kier alpha value is -1.83. The van der Waals surface area contributed by atoms with Crippen molar-refractivity contribution in [2.45, 2.75) is 13.1 Å². The first-order valence-corrected chi connectivity index (χ1v) is 7.18. The molecular formula is C14H20N6O. The molecule has 3 heterocycles. The van der Waals surface area contributed by atoms with E-state index in [-0.39, 0.29) is 6.73 Å². The summed E-state index contributed by atoms with van der Waals surface area (Å²) >= 11 is 0. The number of aliphatic hydroxyl groups is 1. The number of rotatable bonds is 5. The van der Waals surface area contributed by atoms with Crippen LogP contribution in [0.15, 0.2) is 30.6 Å². The fourth-order valence-corrected chi connectivity index (χ4v) is 2.46. The van der Waals surface area contributed by atoms with Crippen molar-refractivity contribution < 1.29 is 5.11 Å². The van der Waals surface area contributed by atoms with Crippen LogP contribution in [0.2, 0.25) is 0 Å². The second kappa shape index (κ2) is 6.75. The van der Waals surface area contributed by atoms with Gasteiger partial charge in [0.05, 0.1) is 30.9 Å². The van der Waals surface area contributed by atoms with Crippen LogP contribution in [-0.4, -0.2) is 67.8 Å². The van der Waals surface area contributed by atoms with Crippen molar-refractivity contribution in [3.8, 4) is 0 Å². The second-order valence-electron chi connectivity index (χ2n) is 5.26. The quantitative estimate of drug-likeness (QED) is 0.821. The molecule has 7 heteroatoms. The van der Waals surface area contributed by atoms with E-state index in [1.165, 1.54) is 0 Å². The van der Waals surface area contributed by atoms with Crippen molar-refractivity contribution in [3.05, 3.63) is 42.0 Å². The highest BCUT2D eigenvalue weighted by Crippen LogP contribution is 2.06. The molecule has 0 spiro atoms. The summed E-state index contributed by atoms with van der Waals surface area (Å²) in [7, 11) is 0. The van der Waals surface area contributed by atoms with Crippen LogP contribution in [0.4, 0.5) is 0 Å². The van der Waals surface area contributed by atoms with E-state index in [1.54, 1.807) is 6.20 Å². The van der Waals surface area contributed by atoms with E-state index in [9.17, 15) is 0 Å². The predicted octanol–water partition coefficient (Wildman–Crippen LogP) is -0.211. The first kappa shape index (κ1) is 14.1. The van der Waals surface area contributed by atoms with E-state index < -0.39 is 0 Å². The van der Waals surface area contributed by atoms with Crippen LogP contribution in [0, 0.1) is 0 Å². The molecule has 0 bridgehead atoms. The molecule has 0 unspecified atom stereocenters. The number of piperazine rings is 1. The third-order valence-corrected chi connectivity index (χ3v) is 3.69. The third kappa shape index (κ3) is 3.84. The average molecular weight is 288 g/mol. The molecule has 2 aromatic rings. The lowest BCUT2D eigenvalue weighted by atomic mass is 10.3. The molecule has 1 fully saturated rings. The standard InChI is InChI=1S/C14H20N6O/c21-12-19-7-5-18(6-8-19)9-14-11-20(17-16-14)10-13-3-1-2-4-15-13/h1-4,11,21H,5-10,12H2. The number of nitrogens with zero attached hydrogens (tertiary/aromatic N) is 6. The highest BCUT2D eigenvalue weighted by atomic mass is 16.3. The molecule has 0 aromatic carbocycles. The van der Waals surface area contributed by atoms with E-state index in [1.807, 2.05) is 34.0 Å². The molecule has 1 saturated heterocycles. The molecular weight excluding hydrogens is 268 g/mol. The van der Waals surface area contributed by atoms with Crippen LogP contribution in [0.3, 0.4) is 0 Å². The second-order valence-corrected chi connectivity index (χ2v) is 5.26. The van der Waals surface area contributed by atoms with Gasteiger partial charge in [-0.15, -0.1) is 5.10 Å². The molecule has 21 heavy (non-hydrogen) atoms. The zero-order valence-electron chi connectivity index (χ0n) is 12.0. The predicted molar refractivity (Wildman–Crippen MR) is 77.3 cm³/mol. The fraction of sp³-hybridized carbons (Fsp3) is 0.500. The molecule has 0 saturated carbocycles. The summed E-state index contributed by atoms with van der Waals surface area (Å²) in [4.78, 5) is 8.66. The van der Waals surface area contributed by atoms with Gasteiger partial charge in [0.2, 0.25) is 0 Å². The molecule has 2 aromatic heterocycles. The van der Waals surface area contributed by atoms with Crippen LogP contribution in [0.1, 0.15) is 11.4 Å². The van der Waals surface area contributed by atoms with E-state index in [2.05, 4.69) is 20.2 Å². The monoisotopic (exact) mass is 288 g/mol. The number of aliphatic hydroxyl groups excluding tert-OH is 1. The zero-order valence-corrected chi connectivity index (χ0v) is 12.0. The van der Waals surface area contributed by atoms with Crippen LogP contribution >= 0.6 is 0 Å². The van der Waals surface area contributed by atoms with Gasteiger partial charge in [0.1, 0.15) is 0 Å². The molecule has 1 aliphatic heterocycles. The van der Waals surface area contributed by atoms with E-state index >= 15 is 0 Å². The minimum Gasteiger partial charge on any atom is -0.381 e. The van der Waals surface area contributed by atoms with Gasteiger partial charge in [0.15, 0.2) is 0 Å². The largest absolute Gasteiger partial charge is 0.381 e. The Labute approximate surface area is 123 Å². The summed E-state index contributed by atoms with van der Waals surface area (Å²) in [6, 6.07) is 5.86. The summed E-state index contributed by atoms with van der Waals surface area (Å²) in [6.45, 7) is 5.31. The minimum absolute atomic E-state index is 0.147. The van der Waals surface area contributed by atoms with Crippen LogP contribution in [0.25, 0.3) is 0 Å². The smallest absolute Gasteiger partial charge is 0.0967 e. The SMILES string of the molecule is OCN1CCN(Cc2cn(Cc3ccccn3)nn2)CC1. The van der Waals surface area contributed by atoms with Crippen LogP contribution in [-0.2, 0) is 13.1 Å². The van der Waals surface area contributed by atoms with Crippen LogP contribution < -0.4 is 0 Å². The number of hydrogen-bond donors (Lipinski definition) is 1. The third-order valence-electron chi connectivity index (χ3n) is 3.69. The van der Waals surface area contributed by atoms with Gasteiger partial charge in [-0.3, -0.25) is 14.8 Å². The van der Waals surface area contributed by atoms with Crippen molar-refractivity contribution in [1.29, 1.82) is 0 Å². The van der Waals surface area contributed by atoms with Crippen molar-refractivity contribution >= 4 is 0 Å². The van der Waals surface area contributed by atoms with Gasteiger partial charge in [0.25, 0.3) is 0 Å². The Balaban J connectivity index is 1.53. The summed E-state index contributed by atoms with van der Waals surface area (Å²) in [5.41, 5.74) is 1.95. The lowest BCUT2D eigenvalue weighted by molar-refractivity contribution is 0.0513. The first-order chi connectivity index (χ1) is 10.3. The maximum atomic E-state index is 9.09.